The lowest BCUT2D eigenvalue weighted by Gasteiger charge is -2.60. The monoisotopic (exact) mass is 347 g/mol. The molecule has 0 amide bonds. The van der Waals surface area contributed by atoms with E-state index in [0.29, 0.717) is 7.98 Å². The summed E-state index contributed by atoms with van der Waals surface area (Å²) in [7, 11) is 0.324. The van der Waals surface area contributed by atoms with Gasteiger partial charge in [0.15, 0.2) is 13.6 Å². The van der Waals surface area contributed by atoms with E-state index < -0.39 is 0 Å². The molecular formula is C15H19BBrN3O. The van der Waals surface area contributed by atoms with Gasteiger partial charge in [-0.15, -0.1) is 0 Å². The maximum atomic E-state index is 6.52. The number of fused-ring (bicyclic) bond motifs is 5. The minimum atomic E-state index is 0.0574. The Kier molecular flexibility index (Phi) is 2.29. The highest BCUT2D eigenvalue weighted by Crippen LogP contribution is 2.47. The first-order chi connectivity index (χ1) is 10.1. The number of benzene rings is 1. The van der Waals surface area contributed by atoms with Crippen molar-refractivity contribution >= 4 is 34.9 Å². The summed E-state index contributed by atoms with van der Waals surface area (Å²) < 4.78 is 11.3. The van der Waals surface area contributed by atoms with Gasteiger partial charge in [-0.05, 0) is 31.0 Å². The van der Waals surface area contributed by atoms with Crippen molar-refractivity contribution in [2.45, 2.75) is 25.0 Å². The number of piperidine rings is 3. The van der Waals surface area contributed by atoms with E-state index in [1.165, 1.54) is 42.4 Å². The zero-order chi connectivity index (χ0) is 14.2. The molecule has 2 aromatic rings. The molecule has 2 bridgehead atoms. The van der Waals surface area contributed by atoms with Crippen LogP contribution in [0.3, 0.4) is 0 Å². The van der Waals surface area contributed by atoms with Crippen LogP contribution in [0.1, 0.15) is 12.8 Å². The van der Waals surface area contributed by atoms with E-state index in [9.17, 15) is 0 Å². The Hall–Kier alpha value is -1.01. The van der Waals surface area contributed by atoms with Gasteiger partial charge < -0.3 is 9.13 Å². The number of hydrogen-bond donors (Lipinski definition) is 0. The lowest BCUT2D eigenvalue weighted by molar-refractivity contribution is -0.845. The molecule has 6 rings (SSSR count). The summed E-state index contributed by atoms with van der Waals surface area (Å²) in [5.74, 6) is 0.739. The molecule has 110 valence electrons. The zero-order valence-corrected chi connectivity index (χ0v) is 12.8. The zero-order valence-electron chi connectivity index (χ0n) is 11.2. The minimum absolute atomic E-state index is 0.0574. The van der Waals surface area contributed by atoms with Crippen LogP contribution in [-0.2, 0) is 6.54 Å². The van der Waals surface area contributed by atoms with Gasteiger partial charge >= 0.3 is 0 Å². The lowest BCUT2D eigenvalue weighted by atomic mass is 9.71. The Morgan fingerprint density at radius 1 is 1.38 bits per heavy atom. The number of halogens is 1. The molecule has 5 heterocycles. The second kappa shape index (κ2) is 3.85. The fourth-order valence-electron chi connectivity index (χ4n) is 4.21. The van der Waals surface area contributed by atoms with Crippen LogP contribution >= 0.6 is 15.9 Å². The van der Waals surface area contributed by atoms with Crippen molar-refractivity contribution in [3.05, 3.63) is 22.7 Å². The average Bonchev–Trinajstić information content (AvgIpc) is 2.92. The van der Waals surface area contributed by atoms with Gasteiger partial charge in [0, 0.05) is 23.5 Å². The number of ether oxygens (including phenoxy) is 1. The van der Waals surface area contributed by atoms with Crippen molar-refractivity contribution in [1.82, 2.24) is 9.55 Å². The molecule has 3 saturated heterocycles. The van der Waals surface area contributed by atoms with Crippen LogP contribution in [0.5, 0.6) is 6.01 Å². The van der Waals surface area contributed by atoms with E-state index in [0.717, 1.165) is 28.5 Å². The van der Waals surface area contributed by atoms with Gasteiger partial charge in [0.05, 0.1) is 24.1 Å². The quantitative estimate of drug-likeness (QED) is 0.674. The van der Waals surface area contributed by atoms with Crippen molar-refractivity contribution in [1.29, 1.82) is 0 Å². The van der Waals surface area contributed by atoms with Crippen molar-refractivity contribution in [2.75, 3.05) is 19.6 Å². The topological polar surface area (TPSA) is 27.1 Å². The average molecular weight is 348 g/mol. The fraction of sp³-hybridized carbons (Fsp3) is 0.533. The molecule has 1 aromatic heterocycles. The van der Waals surface area contributed by atoms with Gasteiger partial charge in [0.25, 0.3) is 6.01 Å². The fourth-order valence-corrected chi connectivity index (χ4v) is 4.56. The van der Waals surface area contributed by atoms with Crippen molar-refractivity contribution in [2.24, 2.45) is 5.92 Å². The summed E-state index contributed by atoms with van der Waals surface area (Å²) in [6.07, 6.45) is 2.72. The molecule has 4 nitrogen and oxygen atoms in total. The summed E-state index contributed by atoms with van der Waals surface area (Å²) in [6, 6.07) is 7.20. The van der Waals surface area contributed by atoms with Gasteiger partial charge in [-0.2, -0.15) is 4.98 Å². The van der Waals surface area contributed by atoms with Crippen LogP contribution in [-0.4, -0.2) is 47.2 Å². The third-order valence-electron chi connectivity index (χ3n) is 5.22. The van der Waals surface area contributed by atoms with Crippen LogP contribution in [0.2, 0.25) is 0 Å². The molecule has 21 heavy (non-hydrogen) atoms. The van der Waals surface area contributed by atoms with E-state index in [1.54, 1.807) is 0 Å². The second-order valence-corrected chi connectivity index (χ2v) is 7.25. The molecule has 4 aliphatic rings. The van der Waals surface area contributed by atoms with E-state index in [1.807, 2.05) is 0 Å². The van der Waals surface area contributed by atoms with E-state index in [4.69, 9.17) is 9.72 Å². The number of quaternary nitrogens is 1. The molecule has 4 aliphatic heterocycles. The lowest BCUT2D eigenvalue weighted by Crippen LogP contribution is -2.69. The third-order valence-corrected chi connectivity index (χ3v) is 5.71. The molecule has 0 aliphatic carbocycles. The number of nitrogens with zero attached hydrogens (tertiary/aromatic N) is 3. The molecular weight excluding hydrogens is 329 g/mol. The number of aromatic nitrogens is 2. The summed E-state index contributed by atoms with van der Waals surface area (Å²) >= 11 is 3.53. The van der Waals surface area contributed by atoms with E-state index in [2.05, 4.69) is 38.7 Å². The molecule has 0 radical (unpaired) electrons. The molecule has 0 saturated carbocycles. The molecule has 3 fully saturated rings. The second-order valence-electron chi connectivity index (χ2n) is 6.33. The molecule has 1 spiro atoms. The van der Waals surface area contributed by atoms with Crippen LogP contribution in [0.15, 0.2) is 22.7 Å². The molecule has 0 N–H and O–H groups in total. The van der Waals surface area contributed by atoms with Gasteiger partial charge in [-0.25, -0.2) is 0 Å². The third kappa shape index (κ3) is 1.63. The predicted molar refractivity (Wildman–Crippen MR) is 88.3 cm³/mol. The van der Waals surface area contributed by atoms with Gasteiger partial charge in [-0.1, -0.05) is 15.9 Å². The molecule has 1 aromatic carbocycles. The highest BCUT2D eigenvalue weighted by atomic mass is 79.9. The smallest absolute Gasteiger partial charge is 0.298 e. The Morgan fingerprint density at radius 3 is 2.95 bits per heavy atom. The Labute approximate surface area is 133 Å². The van der Waals surface area contributed by atoms with Gasteiger partial charge in [0.1, 0.15) is 0 Å². The highest BCUT2D eigenvalue weighted by molar-refractivity contribution is 9.10. The van der Waals surface area contributed by atoms with Gasteiger partial charge in [0.2, 0.25) is 0 Å². The molecule has 1 atom stereocenters. The normalized spacial score (nSPS) is 37.1. The Morgan fingerprint density at radius 2 is 2.19 bits per heavy atom. The first-order valence-corrected chi connectivity index (χ1v) is 8.10. The van der Waals surface area contributed by atoms with Crippen LogP contribution in [0.4, 0.5) is 0 Å². The molecule has 1 unspecified atom stereocenters. The largest absolute Gasteiger partial charge is 0.519 e. The minimum Gasteiger partial charge on any atom is -0.519 e. The van der Waals surface area contributed by atoms with Crippen LogP contribution in [0.25, 0.3) is 11.0 Å². The molecule has 6 heteroatoms. The standard InChI is InChI=1S/C15H19BBrN3O/c16-20-5-3-10(4-6-20)15(9-20)8-19-13-2-1-11(17)7-12(13)18-14(19)21-15/h1-2,7,10H,3-6,8-9H2,16H3. The van der Waals surface area contributed by atoms with Crippen molar-refractivity contribution in [3.8, 4) is 6.01 Å². The van der Waals surface area contributed by atoms with Crippen LogP contribution < -0.4 is 4.74 Å². The maximum absolute atomic E-state index is 6.52. The number of imidazole rings is 1. The summed E-state index contributed by atoms with van der Waals surface area (Å²) in [6.45, 7) is 5.11. The first kappa shape index (κ1) is 12.5. The maximum Gasteiger partial charge on any atom is 0.298 e. The summed E-state index contributed by atoms with van der Waals surface area (Å²) in [5.41, 5.74) is 2.32. The summed E-state index contributed by atoms with van der Waals surface area (Å²) in [4.78, 5) is 4.73. The van der Waals surface area contributed by atoms with E-state index in [-0.39, 0.29) is 5.60 Å². The Balaban J connectivity index is 1.59. The highest BCUT2D eigenvalue weighted by Gasteiger charge is 2.56. The number of rotatable bonds is 0. The SMILES string of the molecule is [BH3-][N+]12CCC(CC1)C1(Cn3c(nc4cc(Br)ccc43)O1)C2. The number of hydrogen-bond acceptors (Lipinski definition) is 2. The van der Waals surface area contributed by atoms with Crippen LogP contribution in [0, 0.1) is 5.92 Å². The van der Waals surface area contributed by atoms with Crippen molar-refractivity contribution < 1.29 is 9.13 Å². The van der Waals surface area contributed by atoms with Crippen molar-refractivity contribution in [3.63, 3.8) is 0 Å². The van der Waals surface area contributed by atoms with E-state index >= 15 is 0 Å². The Bertz CT molecular complexity index is 753. The van der Waals surface area contributed by atoms with Gasteiger partial charge in [-0.3, -0.25) is 4.57 Å². The predicted octanol–water partition coefficient (Wildman–Crippen LogP) is 1.45. The first-order valence-electron chi connectivity index (χ1n) is 7.31. The summed E-state index contributed by atoms with van der Waals surface area (Å²) in [5, 5.41) is 0.